The Hall–Kier alpha value is -0.130. The predicted octanol–water partition coefficient (Wildman–Crippen LogP) is 2.50. The molecule has 0 radical (unpaired) electrons. The van der Waals surface area contributed by atoms with Crippen LogP contribution in [0.3, 0.4) is 0 Å². The highest BCUT2D eigenvalue weighted by Gasteiger charge is 2.31. The van der Waals surface area contributed by atoms with Crippen LogP contribution in [0.2, 0.25) is 0 Å². The second kappa shape index (κ2) is 7.76. The molecule has 0 bridgehead atoms. The van der Waals surface area contributed by atoms with Gasteiger partial charge in [-0.05, 0) is 45.1 Å². The molecule has 118 valence electrons. The van der Waals surface area contributed by atoms with Crippen LogP contribution in [0.5, 0.6) is 0 Å². The molecule has 0 aliphatic carbocycles. The molecule has 2 unspecified atom stereocenters. The molecule has 0 spiro atoms. The zero-order valence-corrected chi connectivity index (χ0v) is 13.6. The van der Waals surface area contributed by atoms with E-state index in [9.17, 15) is 8.42 Å². The summed E-state index contributed by atoms with van der Waals surface area (Å²) in [7, 11) is -3.06. The molecule has 4 nitrogen and oxygen atoms in total. The number of hydrogen-bond acceptors (Lipinski definition) is 3. The van der Waals surface area contributed by atoms with Gasteiger partial charge in [-0.1, -0.05) is 26.2 Å². The minimum Gasteiger partial charge on any atom is -0.314 e. The summed E-state index contributed by atoms with van der Waals surface area (Å²) in [5.41, 5.74) is 0. The van der Waals surface area contributed by atoms with E-state index in [1.54, 1.807) is 0 Å². The Kier molecular flexibility index (Phi) is 6.30. The zero-order valence-electron chi connectivity index (χ0n) is 12.8. The van der Waals surface area contributed by atoms with Crippen LogP contribution in [0.1, 0.15) is 64.7 Å². The van der Waals surface area contributed by atoms with Gasteiger partial charge in [0.15, 0.2) is 0 Å². The molecule has 0 aromatic heterocycles. The van der Waals surface area contributed by atoms with E-state index in [-0.39, 0.29) is 6.04 Å². The van der Waals surface area contributed by atoms with E-state index in [0.717, 1.165) is 51.6 Å². The number of sulfonamides is 1. The fraction of sp³-hybridized carbons (Fsp3) is 1.00. The average Bonchev–Trinajstić information content (AvgIpc) is 2.47. The molecule has 5 heteroatoms. The Labute approximate surface area is 124 Å². The number of nitrogens with zero attached hydrogens (tertiary/aromatic N) is 1. The molecule has 2 fully saturated rings. The maximum Gasteiger partial charge on any atom is 0.214 e. The highest BCUT2D eigenvalue weighted by Crippen LogP contribution is 2.25. The van der Waals surface area contributed by atoms with Crippen molar-refractivity contribution in [2.75, 3.05) is 18.8 Å². The first-order valence-corrected chi connectivity index (χ1v) is 9.97. The van der Waals surface area contributed by atoms with Gasteiger partial charge in [0, 0.05) is 18.6 Å². The molecule has 20 heavy (non-hydrogen) atoms. The molecule has 2 aliphatic rings. The lowest BCUT2D eigenvalue weighted by Gasteiger charge is -2.35. The van der Waals surface area contributed by atoms with E-state index in [1.807, 2.05) is 4.31 Å². The highest BCUT2D eigenvalue weighted by molar-refractivity contribution is 7.89. The van der Waals surface area contributed by atoms with Gasteiger partial charge < -0.3 is 5.32 Å². The summed E-state index contributed by atoms with van der Waals surface area (Å²) >= 11 is 0. The van der Waals surface area contributed by atoms with Crippen LogP contribution in [0.4, 0.5) is 0 Å². The molecule has 0 aromatic carbocycles. The molecule has 2 atom stereocenters. The minimum absolute atomic E-state index is 0.262. The normalized spacial score (nSPS) is 29.4. The lowest BCUT2D eigenvalue weighted by atomic mass is 10.0. The molecule has 0 saturated carbocycles. The number of hydrogen-bond donors (Lipinski definition) is 1. The Balaban J connectivity index is 1.89. The van der Waals surface area contributed by atoms with Crippen molar-refractivity contribution in [3.63, 3.8) is 0 Å². The van der Waals surface area contributed by atoms with Crippen LogP contribution in [-0.4, -0.2) is 43.6 Å². The standard InChI is InChI=1S/C15H30N2O2S/c1-2-7-15-9-4-6-12-17(15)20(18,19)13-10-14-8-3-5-11-16-14/h14-16H,2-13H2,1H3. The first-order valence-electron chi connectivity index (χ1n) is 8.36. The van der Waals surface area contributed by atoms with Gasteiger partial charge in [-0.3, -0.25) is 0 Å². The van der Waals surface area contributed by atoms with E-state index in [4.69, 9.17) is 0 Å². The van der Waals surface area contributed by atoms with Crippen molar-refractivity contribution in [3.8, 4) is 0 Å². The molecule has 1 N–H and O–H groups in total. The fourth-order valence-electron chi connectivity index (χ4n) is 3.54. The maximum absolute atomic E-state index is 12.6. The molecule has 2 heterocycles. The second-order valence-corrected chi connectivity index (χ2v) is 8.34. The molecular formula is C15H30N2O2S. The Morgan fingerprint density at radius 3 is 2.60 bits per heavy atom. The smallest absolute Gasteiger partial charge is 0.214 e. The highest BCUT2D eigenvalue weighted by atomic mass is 32.2. The van der Waals surface area contributed by atoms with Crippen molar-refractivity contribution in [2.24, 2.45) is 0 Å². The maximum atomic E-state index is 12.6. The first-order chi connectivity index (χ1) is 9.63. The summed E-state index contributed by atoms with van der Waals surface area (Å²) in [5, 5.41) is 3.45. The zero-order chi connectivity index (χ0) is 14.4. The number of nitrogens with one attached hydrogen (secondary N) is 1. The van der Waals surface area contributed by atoms with E-state index >= 15 is 0 Å². The van der Waals surface area contributed by atoms with E-state index in [0.29, 0.717) is 11.8 Å². The molecule has 0 aromatic rings. The summed E-state index contributed by atoms with van der Waals surface area (Å²) in [6.45, 7) is 3.93. The molecular weight excluding hydrogens is 272 g/mol. The largest absolute Gasteiger partial charge is 0.314 e. The predicted molar refractivity (Wildman–Crippen MR) is 83.3 cm³/mol. The molecule has 2 rings (SSSR count). The number of rotatable bonds is 6. The van der Waals surface area contributed by atoms with Gasteiger partial charge in [0.1, 0.15) is 0 Å². The van der Waals surface area contributed by atoms with Crippen LogP contribution >= 0.6 is 0 Å². The Bertz CT molecular complexity index is 375. The van der Waals surface area contributed by atoms with Crippen molar-refractivity contribution < 1.29 is 8.42 Å². The van der Waals surface area contributed by atoms with Crippen LogP contribution in [0, 0.1) is 0 Å². The van der Waals surface area contributed by atoms with Gasteiger partial charge in [-0.2, -0.15) is 4.31 Å². The van der Waals surface area contributed by atoms with Gasteiger partial charge in [0.25, 0.3) is 0 Å². The van der Waals surface area contributed by atoms with Gasteiger partial charge in [-0.15, -0.1) is 0 Å². The lowest BCUT2D eigenvalue weighted by Crippen LogP contribution is -2.45. The van der Waals surface area contributed by atoms with Crippen LogP contribution < -0.4 is 5.32 Å². The monoisotopic (exact) mass is 302 g/mol. The fourth-order valence-corrected chi connectivity index (χ4v) is 5.43. The second-order valence-electron chi connectivity index (χ2n) is 6.30. The summed E-state index contributed by atoms with van der Waals surface area (Å²) in [6.07, 6.45) is 9.72. The molecule has 2 aliphatic heterocycles. The summed E-state index contributed by atoms with van der Waals surface area (Å²) in [6, 6.07) is 0.672. The first kappa shape index (κ1) is 16.2. The average molecular weight is 302 g/mol. The van der Waals surface area contributed by atoms with Gasteiger partial charge in [0.05, 0.1) is 5.75 Å². The molecule has 2 saturated heterocycles. The summed E-state index contributed by atoms with van der Waals surface area (Å²) in [5.74, 6) is 0.324. The number of piperidine rings is 2. The lowest BCUT2D eigenvalue weighted by molar-refractivity contribution is 0.239. The Morgan fingerprint density at radius 1 is 1.10 bits per heavy atom. The topological polar surface area (TPSA) is 49.4 Å². The van der Waals surface area contributed by atoms with Crippen molar-refractivity contribution in [1.82, 2.24) is 9.62 Å². The van der Waals surface area contributed by atoms with E-state index in [1.165, 1.54) is 19.3 Å². The third-order valence-electron chi connectivity index (χ3n) is 4.69. The van der Waals surface area contributed by atoms with Crippen molar-refractivity contribution in [2.45, 2.75) is 76.8 Å². The van der Waals surface area contributed by atoms with E-state index in [2.05, 4.69) is 12.2 Å². The van der Waals surface area contributed by atoms with Crippen LogP contribution in [-0.2, 0) is 10.0 Å². The quantitative estimate of drug-likeness (QED) is 0.820. The van der Waals surface area contributed by atoms with Crippen LogP contribution in [0.15, 0.2) is 0 Å². The third-order valence-corrected chi connectivity index (χ3v) is 6.64. The third kappa shape index (κ3) is 4.43. The SMILES string of the molecule is CCCC1CCCCN1S(=O)(=O)CCC1CCCCN1. The molecule has 0 amide bonds. The van der Waals surface area contributed by atoms with Crippen molar-refractivity contribution >= 4 is 10.0 Å². The Morgan fingerprint density at radius 2 is 1.90 bits per heavy atom. The van der Waals surface area contributed by atoms with Gasteiger partial charge >= 0.3 is 0 Å². The summed E-state index contributed by atoms with van der Waals surface area (Å²) in [4.78, 5) is 0. The van der Waals surface area contributed by atoms with Crippen molar-refractivity contribution in [3.05, 3.63) is 0 Å². The van der Waals surface area contributed by atoms with Crippen LogP contribution in [0.25, 0.3) is 0 Å². The van der Waals surface area contributed by atoms with Gasteiger partial charge in [-0.25, -0.2) is 8.42 Å². The van der Waals surface area contributed by atoms with Crippen molar-refractivity contribution in [1.29, 1.82) is 0 Å². The van der Waals surface area contributed by atoms with E-state index < -0.39 is 10.0 Å². The minimum atomic E-state index is -3.06. The van der Waals surface area contributed by atoms with Gasteiger partial charge in [0.2, 0.25) is 10.0 Å². The summed E-state index contributed by atoms with van der Waals surface area (Å²) < 4.78 is 27.0.